The fraction of sp³-hybridized carbons (Fsp3) is 0.111. The normalized spacial score (nSPS) is 13.2. The zero-order valence-corrected chi connectivity index (χ0v) is 17.8. The predicted molar refractivity (Wildman–Crippen MR) is 126 cm³/mol. The Labute approximate surface area is 175 Å². The van der Waals surface area contributed by atoms with Gasteiger partial charge in [-0.1, -0.05) is 119 Å². The molecule has 0 amide bonds. The quantitative estimate of drug-likeness (QED) is 0.355. The lowest BCUT2D eigenvalue weighted by atomic mass is 9.76. The molecule has 1 heterocycles. The van der Waals surface area contributed by atoms with Gasteiger partial charge in [0.1, 0.15) is 11.5 Å². The summed E-state index contributed by atoms with van der Waals surface area (Å²) in [6.45, 7) is 4.49. The van der Waals surface area contributed by atoms with Crippen molar-refractivity contribution in [2.45, 2.75) is 19.3 Å². The van der Waals surface area contributed by atoms with E-state index in [-0.39, 0.29) is 5.41 Å². The maximum absolute atomic E-state index is 5.91. The third-order valence-electron chi connectivity index (χ3n) is 5.18. The van der Waals surface area contributed by atoms with Crippen LogP contribution in [0, 0.1) is 0 Å². The molecule has 0 fully saturated rings. The molecule has 2 heteroatoms. The molecule has 1 nitrogen and oxygen atoms in total. The average Bonchev–Trinajstić information content (AvgIpc) is 2.76. The van der Waals surface area contributed by atoms with Crippen molar-refractivity contribution in [3.63, 3.8) is 0 Å². The molecule has 0 atom stereocenters. The minimum atomic E-state index is 0.0193. The number of hydrogen-bond donors (Lipinski definition) is 0. The van der Waals surface area contributed by atoms with E-state index in [1.807, 2.05) is 24.3 Å². The lowest BCUT2D eigenvalue weighted by molar-refractivity contribution is 0.418. The van der Waals surface area contributed by atoms with E-state index in [1.165, 1.54) is 21.7 Å². The molecule has 4 aromatic rings. The van der Waals surface area contributed by atoms with Crippen molar-refractivity contribution >= 4 is 19.2 Å². The first-order valence-electron chi connectivity index (χ1n) is 9.88. The van der Waals surface area contributed by atoms with Gasteiger partial charge >= 0.3 is 0 Å². The summed E-state index contributed by atoms with van der Waals surface area (Å²) in [5.41, 5.74) is 2.54. The van der Waals surface area contributed by atoms with Gasteiger partial charge in [-0.3, -0.25) is 0 Å². The van der Waals surface area contributed by atoms with E-state index in [4.69, 9.17) is 4.74 Å². The van der Waals surface area contributed by atoms with E-state index in [2.05, 4.69) is 98.8 Å². The number of fused-ring (bicyclic) bond motifs is 2. The highest BCUT2D eigenvalue weighted by molar-refractivity contribution is 7.55. The van der Waals surface area contributed by atoms with Crippen LogP contribution in [0.25, 0.3) is 0 Å². The molecule has 0 aliphatic carbocycles. The molecule has 0 saturated carbocycles. The minimum absolute atomic E-state index is 0.0193. The monoisotopic (exact) mass is 396 g/mol. The van der Waals surface area contributed by atoms with Gasteiger partial charge in [0.25, 0.3) is 0 Å². The van der Waals surface area contributed by atoms with E-state index in [1.54, 1.807) is 0 Å². The molecule has 1 aliphatic heterocycles. The lowest BCUT2D eigenvalue weighted by Gasteiger charge is -2.34. The van der Waals surface area contributed by atoms with Crippen molar-refractivity contribution in [3.05, 3.63) is 120 Å². The summed E-state index contributed by atoms with van der Waals surface area (Å²) in [6, 6.07) is 37.7. The zero-order chi connectivity index (χ0) is 20.1. The zero-order valence-electron chi connectivity index (χ0n) is 16.8. The highest BCUT2D eigenvalue weighted by Crippen LogP contribution is 2.47. The first-order chi connectivity index (χ1) is 14.1. The smallest absolute Gasteiger partial charge is 0.131 e. The Bertz CT molecular complexity index is 987. The van der Waals surface area contributed by atoms with E-state index in [0.29, 0.717) is 0 Å². The van der Waals surface area contributed by atoms with Crippen molar-refractivity contribution in [1.29, 1.82) is 0 Å². The van der Waals surface area contributed by atoms with Crippen LogP contribution < -0.4 is 15.3 Å². The van der Waals surface area contributed by atoms with E-state index < -0.39 is 0 Å². The van der Waals surface area contributed by atoms with Crippen molar-refractivity contribution in [2.75, 3.05) is 0 Å². The number of ether oxygens (including phenoxy) is 1. The molecule has 0 N–H and O–H groups in total. The maximum atomic E-state index is 5.91. The summed E-state index contributed by atoms with van der Waals surface area (Å²) in [4.78, 5) is 0. The maximum Gasteiger partial charge on any atom is 0.131 e. The van der Waals surface area contributed by atoms with Gasteiger partial charge in [0.05, 0.1) is 0 Å². The predicted octanol–water partition coefficient (Wildman–Crippen LogP) is 6.43. The third-order valence-corrected chi connectivity index (χ3v) is 6.42. The minimum Gasteiger partial charge on any atom is -0.457 e. The van der Waals surface area contributed by atoms with Crippen LogP contribution in [0.3, 0.4) is 0 Å². The molecule has 5 rings (SSSR count). The molecule has 4 aromatic carbocycles. The van der Waals surface area contributed by atoms with Crippen LogP contribution in [0.5, 0.6) is 11.5 Å². The Morgan fingerprint density at radius 1 is 0.517 bits per heavy atom. The summed E-state index contributed by atoms with van der Waals surface area (Å²) in [7, 11) is 0.777. The fourth-order valence-corrected chi connectivity index (χ4v) is 4.67. The van der Waals surface area contributed by atoms with Gasteiger partial charge in [0.2, 0.25) is 0 Å². The standard InChI is InChI=1S/C15H14O.C12H11P/c1-15(2)11-7-3-5-9-13(11)16-14-10-6-4-8-12(14)15;1-3-7-11(8-4-1)13-12-9-5-2-6-10-12/h3-10H,1-2H3;1-10,13H. The van der Waals surface area contributed by atoms with Crippen LogP contribution in [-0.4, -0.2) is 0 Å². The van der Waals surface area contributed by atoms with Gasteiger partial charge in [-0.25, -0.2) is 0 Å². The third kappa shape index (κ3) is 4.42. The largest absolute Gasteiger partial charge is 0.457 e. The van der Waals surface area contributed by atoms with Gasteiger partial charge in [0.15, 0.2) is 0 Å². The molecular formula is C27H25OP. The summed E-state index contributed by atoms with van der Waals surface area (Å²) in [5.74, 6) is 1.96. The molecule has 29 heavy (non-hydrogen) atoms. The van der Waals surface area contributed by atoms with Crippen LogP contribution in [0.2, 0.25) is 0 Å². The fourth-order valence-electron chi connectivity index (χ4n) is 3.62. The average molecular weight is 396 g/mol. The second-order valence-electron chi connectivity index (χ2n) is 7.58. The second-order valence-corrected chi connectivity index (χ2v) is 8.98. The Kier molecular flexibility index (Phi) is 5.79. The Morgan fingerprint density at radius 3 is 1.34 bits per heavy atom. The molecular weight excluding hydrogens is 371 g/mol. The Balaban J connectivity index is 0.000000145. The molecule has 0 bridgehead atoms. The van der Waals surface area contributed by atoms with E-state index in [0.717, 1.165) is 20.1 Å². The van der Waals surface area contributed by atoms with Gasteiger partial charge in [0, 0.05) is 16.5 Å². The first kappa shape index (κ1) is 19.4. The van der Waals surface area contributed by atoms with E-state index >= 15 is 0 Å². The SMILES string of the molecule is CC1(C)c2ccccc2Oc2ccccc21.c1ccc(Pc2ccccc2)cc1. The van der Waals surface area contributed by atoms with Crippen LogP contribution in [0.15, 0.2) is 109 Å². The van der Waals surface area contributed by atoms with Crippen molar-refractivity contribution in [3.8, 4) is 11.5 Å². The topological polar surface area (TPSA) is 9.23 Å². The van der Waals surface area contributed by atoms with Gasteiger partial charge < -0.3 is 4.74 Å². The Morgan fingerprint density at radius 2 is 0.897 bits per heavy atom. The summed E-state index contributed by atoms with van der Waals surface area (Å²) in [5, 5.41) is 2.79. The number of rotatable bonds is 2. The summed E-state index contributed by atoms with van der Waals surface area (Å²) < 4.78 is 5.91. The Hall–Kier alpha value is -2.89. The molecule has 0 radical (unpaired) electrons. The molecule has 0 unspecified atom stereocenters. The van der Waals surface area contributed by atoms with Crippen LogP contribution in [-0.2, 0) is 5.41 Å². The van der Waals surface area contributed by atoms with E-state index in [9.17, 15) is 0 Å². The highest BCUT2D eigenvalue weighted by Gasteiger charge is 2.33. The van der Waals surface area contributed by atoms with Gasteiger partial charge in [-0.05, 0) is 22.7 Å². The lowest BCUT2D eigenvalue weighted by Crippen LogP contribution is -2.23. The van der Waals surface area contributed by atoms with Crippen LogP contribution >= 0.6 is 8.58 Å². The summed E-state index contributed by atoms with van der Waals surface area (Å²) in [6.07, 6.45) is 0. The number of hydrogen-bond acceptors (Lipinski definition) is 1. The first-order valence-corrected chi connectivity index (χ1v) is 10.9. The van der Waals surface area contributed by atoms with Crippen molar-refractivity contribution in [1.82, 2.24) is 0 Å². The summed E-state index contributed by atoms with van der Waals surface area (Å²) >= 11 is 0. The number of benzene rings is 4. The highest BCUT2D eigenvalue weighted by atomic mass is 31.1. The second kappa shape index (κ2) is 8.64. The molecule has 0 saturated heterocycles. The molecule has 1 aliphatic rings. The molecule has 0 spiro atoms. The van der Waals surface area contributed by atoms with Crippen molar-refractivity contribution < 1.29 is 4.74 Å². The molecule has 144 valence electrons. The van der Waals surface area contributed by atoms with Gasteiger partial charge in [-0.2, -0.15) is 0 Å². The van der Waals surface area contributed by atoms with Gasteiger partial charge in [-0.15, -0.1) is 0 Å². The van der Waals surface area contributed by atoms with Crippen LogP contribution in [0.1, 0.15) is 25.0 Å². The molecule has 0 aromatic heterocycles. The van der Waals surface area contributed by atoms with Crippen LogP contribution in [0.4, 0.5) is 0 Å². The number of para-hydroxylation sites is 2. The van der Waals surface area contributed by atoms with Crippen molar-refractivity contribution in [2.24, 2.45) is 0 Å².